The third kappa shape index (κ3) is 4.34. The number of nitrogens with zero attached hydrogens (tertiary/aromatic N) is 4. The van der Waals surface area contributed by atoms with Crippen LogP contribution in [0.2, 0.25) is 0 Å². The number of rotatable bonds is 4. The molecule has 8 bridgehead atoms. The van der Waals surface area contributed by atoms with Crippen LogP contribution < -0.4 is 0 Å². The Hall–Kier alpha value is -1.97. The molecule has 3 aromatic rings. The van der Waals surface area contributed by atoms with Crippen LogP contribution in [0.5, 0.6) is 0 Å². The van der Waals surface area contributed by atoms with Gasteiger partial charge in [0.05, 0.1) is 0 Å². The number of pyridine rings is 1. The number of benzene rings is 1. The van der Waals surface area contributed by atoms with Crippen molar-refractivity contribution in [3.8, 4) is 22.6 Å². The second kappa shape index (κ2) is 10.3. The zero-order chi connectivity index (χ0) is 32.1. The van der Waals surface area contributed by atoms with Gasteiger partial charge in [-0.15, -0.1) is 34.9 Å². The van der Waals surface area contributed by atoms with Gasteiger partial charge in [-0.1, -0.05) is 53.7 Å². The minimum absolute atomic E-state index is 0. The van der Waals surface area contributed by atoms with Crippen molar-refractivity contribution in [3.63, 3.8) is 0 Å². The molecule has 8 saturated carbocycles. The molecule has 255 valence electrons. The summed E-state index contributed by atoms with van der Waals surface area (Å²) in [6, 6.07) is 12.7. The summed E-state index contributed by atoms with van der Waals surface area (Å²) in [5.74, 6) is 8.39. The predicted octanol–water partition coefficient (Wildman–Crippen LogP) is 9.93. The minimum Gasteiger partial charge on any atom is -0.304 e. The summed E-state index contributed by atoms with van der Waals surface area (Å²) in [6.07, 6.45) is 18.4. The standard InChI is InChI=1S/C43H53N4.Ir/c1-39(2)33-9-7-31(17-34(33)40(3,4)41(39,5)6)35-10-8-32(24-44-35)36-45-37(42-18-25-11-26(19-42)13-27(12-25)20-42)47-38(46-36)43-21-28-14-29(22-43)16-30(15-28)23-43;/h8-10,17,24-30H,11-16,18-23H2,1-6H3;/q-1;. The maximum absolute atomic E-state index is 5.63. The van der Waals surface area contributed by atoms with Crippen LogP contribution in [0.3, 0.4) is 0 Å². The Morgan fingerprint density at radius 3 is 1.50 bits per heavy atom. The molecule has 9 aliphatic carbocycles. The Bertz CT molecular complexity index is 1650. The van der Waals surface area contributed by atoms with Gasteiger partial charge >= 0.3 is 0 Å². The first-order valence-corrected chi connectivity index (χ1v) is 19.1. The van der Waals surface area contributed by atoms with E-state index in [1.807, 2.05) is 6.20 Å². The van der Waals surface area contributed by atoms with Crippen LogP contribution in [0.15, 0.2) is 30.5 Å². The smallest absolute Gasteiger partial charge is 0.164 e. The maximum Gasteiger partial charge on any atom is 0.164 e. The summed E-state index contributed by atoms with van der Waals surface area (Å²) < 4.78 is 0. The second-order valence-electron chi connectivity index (χ2n) is 19.7. The van der Waals surface area contributed by atoms with Crippen LogP contribution in [0.4, 0.5) is 0 Å². The molecule has 2 heterocycles. The van der Waals surface area contributed by atoms with Crippen molar-refractivity contribution in [1.29, 1.82) is 0 Å². The van der Waals surface area contributed by atoms with Crippen molar-refractivity contribution in [3.05, 3.63) is 59.3 Å². The molecule has 0 amide bonds. The Balaban J connectivity index is 0.00000314. The van der Waals surface area contributed by atoms with E-state index in [4.69, 9.17) is 19.9 Å². The molecule has 0 N–H and O–H groups in total. The summed E-state index contributed by atoms with van der Waals surface area (Å²) >= 11 is 0. The number of hydrogen-bond donors (Lipinski definition) is 0. The van der Waals surface area contributed by atoms with Crippen molar-refractivity contribution in [1.82, 2.24) is 19.9 Å². The van der Waals surface area contributed by atoms with E-state index in [1.54, 1.807) is 0 Å². The maximum atomic E-state index is 5.63. The van der Waals surface area contributed by atoms with E-state index in [0.29, 0.717) is 0 Å². The van der Waals surface area contributed by atoms with Crippen LogP contribution >= 0.6 is 0 Å². The SMILES string of the molecule is CC1(C)c2c[c-]c(-c3ccc(-c4nc(C56CC7CC(CC(C7)C5)C6)nc(C56CC7CC(CC(C7)C5)C6)n4)cn3)cc2C(C)(C)C1(C)C.[Ir]. The molecule has 0 saturated heterocycles. The van der Waals surface area contributed by atoms with Gasteiger partial charge in [0.25, 0.3) is 0 Å². The molecule has 5 heteroatoms. The molecule has 0 aliphatic heterocycles. The average molecular weight is 818 g/mol. The van der Waals surface area contributed by atoms with E-state index in [9.17, 15) is 0 Å². The van der Waals surface area contributed by atoms with Gasteiger partial charge in [-0.25, -0.2) is 15.0 Å². The quantitative estimate of drug-likeness (QED) is 0.246. The van der Waals surface area contributed by atoms with Crippen molar-refractivity contribution < 1.29 is 20.1 Å². The molecule has 4 nitrogen and oxygen atoms in total. The molecule has 0 spiro atoms. The molecule has 1 radical (unpaired) electrons. The summed E-state index contributed by atoms with van der Waals surface area (Å²) in [5.41, 5.74) is 6.54. The molecule has 2 aromatic heterocycles. The van der Waals surface area contributed by atoms with Gasteiger partial charge in [-0.05, 0) is 134 Å². The van der Waals surface area contributed by atoms with Gasteiger partial charge < -0.3 is 4.98 Å². The van der Waals surface area contributed by atoms with Crippen LogP contribution in [0.1, 0.15) is 141 Å². The van der Waals surface area contributed by atoms with E-state index < -0.39 is 0 Å². The molecule has 48 heavy (non-hydrogen) atoms. The van der Waals surface area contributed by atoms with Gasteiger partial charge in [0.2, 0.25) is 0 Å². The number of hydrogen-bond acceptors (Lipinski definition) is 4. The zero-order valence-electron chi connectivity index (χ0n) is 30.0. The predicted molar refractivity (Wildman–Crippen MR) is 187 cm³/mol. The fourth-order valence-electron chi connectivity index (χ4n) is 13.6. The van der Waals surface area contributed by atoms with E-state index in [0.717, 1.165) is 69.8 Å². The topological polar surface area (TPSA) is 51.6 Å². The van der Waals surface area contributed by atoms with Crippen LogP contribution in [0, 0.1) is 47.0 Å². The van der Waals surface area contributed by atoms with Gasteiger partial charge in [0, 0.05) is 42.7 Å². The minimum atomic E-state index is 0. The largest absolute Gasteiger partial charge is 0.304 e. The second-order valence-corrected chi connectivity index (χ2v) is 19.7. The Morgan fingerprint density at radius 2 is 1.06 bits per heavy atom. The van der Waals surface area contributed by atoms with Gasteiger partial charge in [0.1, 0.15) is 11.6 Å². The molecule has 12 rings (SSSR count). The van der Waals surface area contributed by atoms with E-state index in [-0.39, 0.29) is 47.2 Å². The normalized spacial score (nSPS) is 38.5. The third-order valence-corrected chi connectivity index (χ3v) is 16.4. The first-order valence-electron chi connectivity index (χ1n) is 19.1. The van der Waals surface area contributed by atoms with Gasteiger partial charge in [-0.3, -0.25) is 0 Å². The van der Waals surface area contributed by atoms with Gasteiger partial charge in [-0.2, -0.15) is 0 Å². The summed E-state index contributed by atoms with van der Waals surface area (Å²) in [5, 5.41) is 0. The van der Waals surface area contributed by atoms with Crippen LogP contribution in [-0.2, 0) is 41.8 Å². The molecule has 0 unspecified atom stereocenters. The molecule has 1 aromatic carbocycles. The van der Waals surface area contributed by atoms with E-state index in [2.05, 4.69) is 71.9 Å². The van der Waals surface area contributed by atoms with Crippen molar-refractivity contribution >= 4 is 0 Å². The third-order valence-electron chi connectivity index (χ3n) is 16.4. The Morgan fingerprint density at radius 1 is 0.604 bits per heavy atom. The first-order chi connectivity index (χ1) is 22.3. The molecule has 0 atom stereocenters. The molecular weight excluding hydrogens is 765 g/mol. The fourth-order valence-corrected chi connectivity index (χ4v) is 13.6. The van der Waals surface area contributed by atoms with Crippen molar-refractivity contribution in [2.24, 2.45) is 40.9 Å². The first kappa shape index (κ1) is 32.0. The van der Waals surface area contributed by atoms with Crippen LogP contribution in [-0.4, -0.2) is 19.9 Å². The fraction of sp³-hybridized carbons (Fsp3) is 0.674. The van der Waals surface area contributed by atoms with E-state index in [1.165, 1.54) is 88.2 Å². The summed E-state index contributed by atoms with van der Waals surface area (Å²) in [6.45, 7) is 14.4. The van der Waals surface area contributed by atoms with E-state index >= 15 is 0 Å². The number of aromatic nitrogens is 4. The zero-order valence-corrected chi connectivity index (χ0v) is 32.4. The molecule has 9 aliphatic rings. The Labute approximate surface area is 301 Å². The number of fused-ring (bicyclic) bond motifs is 1. The molecular formula is C43H53IrN4-. The monoisotopic (exact) mass is 818 g/mol. The summed E-state index contributed by atoms with van der Waals surface area (Å²) in [7, 11) is 0. The van der Waals surface area contributed by atoms with Crippen molar-refractivity contribution in [2.75, 3.05) is 0 Å². The average Bonchev–Trinajstić information content (AvgIpc) is 3.13. The van der Waals surface area contributed by atoms with Crippen molar-refractivity contribution in [2.45, 2.75) is 140 Å². The van der Waals surface area contributed by atoms with Crippen LogP contribution in [0.25, 0.3) is 22.6 Å². The van der Waals surface area contributed by atoms with Gasteiger partial charge in [0.15, 0.2) is 5.82 Å². The summed E-state index contributed by atoms with van der Waals surface area (Å²) in [4.78, 5) is 21.6. The Kier molecular flexibility index (Phi) is 6.87. The molecule has 8 fully saturated rings.